The van der Waals surface area contributed by atoms with Crippen molar-refractivity contribution in [3.05, 3.63) is 70.7 Å². The Morgan fingerprint density at radius 1 is 1.07 bits per heavy atom. The maximum Gasteiger partial charge on any atom is 0.401 e. The van der Waals surface area contributed by atoms with Crippen molar-refractivity contribution < 1.29 is 22.8 Å². The van der Waals surface area contributed by atoms with Gasteiger partial charge in [0.15, 0.2) is 0 Å². The van der Waals surface area contributed by atoms with Crippen molar-refractivity contribution in [2.24, 2.45) is 0 Å². The second kappa shape index (κ2) is 8.65. The third-order valence-electron chi connectivity index (χ3n) is 5.04. The Bertz CT molecular complexity index is 906. The molecular weight excluding hydrogens is 419 g/mol. The Kier molecular flexibility index (Phi) is 6.38. The molecule has 0 aromatic heterocycles. The molecule has 0 aliphatic carbocycles. The Balaban J connectivity index is 1.86. The summed E-state index contributed by atoms with van der Waals surface area (Å²) in [5.41, 5.74) is -0.160. The molecule has 0 unspecified atom stereocenters. The first-order valence-electron chi connectivity index (χ1n) is 9.38. The highest BCUT2D eigenvalue weighted by molar-refractivity contribution is 6.30. The van der Waals surface area contributed by atoms with Crippen LogP contribution in [0.3, 0.4) is 0 Å². The number of urea groups is 1. The highest BCUT2D eigenvalue weighted by Crippen LogP contribution is 2.33. The van der Waals surface area contributed by atoms with Gasteiger partial charge in [-0.05, 0) is 29.7 Å². The molecule has 9 heteroatoms. The summed E-state index contributed by atoms with van der Waals surface area (Å²) in [6, 6.07) is 14.3. The van der Waals surface area contributed by atoms with Gasteiger partial charge < -0.3 is 5.32 Å². The van der Waals surface area contributed by atoms with Gasteiger partial charge in [-0.2, -0.15) is 13.2 Å². The van der Waals surface area contributed by atoms with E-state index >= 15 is 0 Å². The standard InChI is InChI=1S/C21H21ClF3N3O2/c1-2-20(16-8-10-17(22)11-9-16)18(29)28(19(30)26-20)14-27(13-21(23,24)25)12-15-6-4-3-5-7-15/h3-11H,2,12-14H2,1H3,(H,26,30)/t20-/m1/s1. The summed E-state index contributed by atoms with van der Waals surface area (Å²) in [6.45, 7) is -0.0569. The number of benzene rings is 2. The molecule has 3 amide bonds. The van der Waals surface area contributed by atoms with E-state index in [1.165, 1.54) is 0 Å². The Labute approximate surface area is 177 Å². The highest BCUT2D eigenvalue weighted by atomic mass is 35.5. The lowest BCUT2D eigenvalue weighted by molar-refractivity contribution is -0.154. The van der Waals surface area contributed by atoms with Gasteiger partial charge in [0.05, 0.1) is 13.2 Å². The molecule has 1 heterocycles. The summed E-state index contributed by atoms with van der Waals surface area (Å²) >= 11 is 5.91. The van der Waals surface area contributed by atoms with E-state index in [0.29, 0.717) is 16.1 Å². The predicted molar refractivity (Wildman–Crippen MR) is 107 cm³/mol. The van der Waals surface area contributed by atoms with Crippen LogP contribution in [0.15, 0.2) is 54.6 Å². The van der Waals surface area contributed by atoms with Gasteiger partial charge in [-0.1, -0.05) is 61.0 Å². The maximum absolute atomic E-state index is 13.2. The normalized spacial score (nSPS) is 19.5. The van der Waals surface area contributed by atoms with Crippen molar-refractivity contribution in [3.8, 4) is 0 Å². The van der Waals surface area contributed by atoms with Gasteiger partial charge in [0.25, 0.3) is 5.91 Å². The van der Waals surface area contributed by atoms with Crippen LogP contribution < -0.4 is 5.32 Å². The molecule has 30 heavy (non-hydrogen) atoms. The molecule has 0 saturated carbocycles. The van der Waals surface area contributed by atoms with E-state index in [-0.39, 0.29) is 13.0 Å². The van der Waals surface area contributed by atoms with Crippen molar-refractivity contribution in [3.63, 3.8) is 0 Å². The molecule has 1 fully saturated rings. The lowest BCUT2D eigenvalue weighted by atomic mass is 9.87. The molecule has 1 aliphatic rings. The predicted octanol–water partition coefficient (Wildman–Crippen LogP) is 4.52. The summed E-state index contributed by atoms with van der Waals surface area (Å²) in [6.07, 6.45) is -4.24. The fourth-order valence-electron chi connectivity index (χ4n) is 3.58. The van der Waals surface area contributed by atoms with Crippen LogP contribution in [0.2, 0.25) is 5.02 Å². The lowest BCUT2D eigenvalue weighted by Crippen LogP contribution is -2.46. The van der Waals surface area contributed by atoms with Crippen molar-refractivity contribution in [1.29, 1.82) is 0 Å². The molecule has 5 nitrogen and oxygen atoms in total. The minimum Gasteiger partial charge on any atom is -0.319 e. The zero-order valence-corrected chi connectivity index (χ0v) is 17.0. The van der Waals surface area contributed by atoms with E-state index in [1.807, 2.05) is 0 Å². The Morgan fingerprint density at radius 2 is 1.70 bits per heavy atom. The number of imide groups is 1. The smallest absolute Gasteiger partial charge is 0.319 e. The number of halogens is 4. The Hall–Kier alpha value is -2.58. The molecule has 1 N–H and O–H groups in total. The molecule has 1 saturated heterocycles. The van der Waals surface area contributed by atoms with E-state index in [9.17, 15) is 22.8 Å². The van der Waals surface area contributed by atoms with Gasteiger partial charge in [-0.25, -0.2) is 9.69 Å². The van der Waals surface area contributed by atoms with E-state index in [0.717, 1.165) is 9.80 Å². The first-order chi connectivity index (χ1) is 14.1. The zero-order chi connectivity index (χ0) is 21.9. The average molecular weight is 440 g/mol. The number of nitrogens with one attached hydrogen (secondary N) is 1. The number of carbonyl (C=O) groups excluding carboxylic acids is 2. The largest absolute Gasteiger partial charge is 0.401 e. The third-order valence-corrected chi connectivity index (χ3v) is 5.29. The number of carbonyl (C=O) groups is 2. The number of hydrogen-bond acceptors (Lipinski definition) is 3. The molecule has 160 valence electrons. The van der Waals surface area contributed by atoms with Crippen molar-refractivity contribution in [1.82, 2.24) is 15.1 Å². The monoisotopic (exact) mass is 439 g/mol. The quantitative estimate of drug-likeness (QED) is 0.645. The average Bonchev–Trinajstić information content (AvgIpc) is 2.93. The molecule has 1 atom stereocenters. The van der Waals surface area contributed by atoms with Crippen LogP contribution in [-0.2, 0) is 16.9 Å². The fourth-order valence-corrected chi connectivity index (χ4v) is 3.71. The topological polar surface area (TPSA) is 52.7 Å². The lowest BCUT2D eigenvalue weighted by Gasteiger charge is -2.29. The number of rotatable bonds is 7. The van der Waals surface area contributed by atoms with Crippen molar-refractivity contribution in [2.45, 2.75) is 31.6 Å². The first kappa shape index (κ1) is 22.1. The van der Waals surface area contributed by atoms with Gasteiger partial charge in [-0.15, -0.1) is 0 Å². The Morgan fingerprint density at radius 3 is 2.27 bits per heavy atom. The number of amides is 3. The van der Waals surface area contributed by atoms with Crippen molar-refractivity contribution in [2.75, 3.05) is 13.2 Å². The molecule has 1 aliphatic heterocycles. The summed E-state index contributed by atoms with van der Waals surface area (Å²) in [5, 5.41) is 3.14. The minimum absolute atomic E-state index is 0.0581. The van der Waals surface area contributed by atoms with Gasteiger partial charge >= 0.3 is 12.2 Å². The van der Waals surface area contributed by atoms with E-state index in [1.54, 1.807) is 61.5 Å². The minimum atomic E-state index is -4.48. The highest BCUT2D eigenvalue weighted by Gasteiger charge is 2.51. The van der Waals surface area contributed by atoms with Gasteiger partial charge in [0.1, 0.15) is 5.54 Å². The second-order valence-electron chi connectivity index (χ2n) is 7.16. The van der Waals surface area contributed by atoms with Gasteiger partial charge in [0.2, 0.25) is 0 Å². The molecule has 3 rings (SSSR count). The van der Waals surface area contributed by atoms with Crippen molar-refractivity contribution >= 4 is 23.5 Å². The number of alkyl halides is 3. The molecule has 2 aromatic carbocycles. The molecule has 0 bridgehead atoms. The summed E-state index contributed by atoms with van der Waals surface area (Å²) in [5.74, 6) is -0.586. The van der Waals surface area contributed by atoms with Crippen LogP contribution in [0.25, 0.3) is 0 Å². The third kappa shape index (κ3) is 4.76. The van der Waals surface area contributed by atoms with Crippen LogP contribution in [0.1, 0.15) is 24.5 Å². The second-order valence-corrected chi connectivity index (χ2v) is 7.59. The summed E-state index contributed by atoms with van der Waals surface area (Å²) in [4.78, 5) is 27.7. The summed E-state index contributed by atoms with van der Waals surface area (Å²) in [7, 11) is 0. The van der Waals surface area contributed by atoms with E-state index < -0.39 is 36.9 Å². The van der Waals surface area contributed by atoms with Crippen LogP contribution in [0.4, 0.5) is 18.0 Å². The molecule has 2 aromatic rings. The van der Waals surface area contributed by atoms with Gasteiger partial charge in [-0.3, -0.25) is 9.69 Å². The van der Waals surface area contributed by atoms with E-state index in [4.69, 9.17) is 11.6 Å². The number of hydrogen-bond donors (Lipinski definition) is 1. The van der Waals surface area contributed by atoms with Gasteiger partial charge in [0, 0.05) is 11.6 Å². The summed E-state index contributed by atoms with van der Waals surface area (Å²) < 4.78 is 39.4. The van der Waals surface area contributed by atoms with E-state index in [2.05, 4.69) is 5.32 Å². The first-order valence-corrected chi connectivity index (χ1v) is 9.75. The number of nitrogens with zero attached hydrogens (tertiary/aromatic N) is 2. The zero-order valence-electron chi connectivity index (χ0n) is 16.2. The SMILES string of the molecule is CC[C@]1(c2ccc(Cl)cc2)NC(=O)N(CN(Cc2ccccc2)CC(F)(F)F)C1=O. The molecule has 0 spiro atoms. The molecule has 0 radical (unpaired) electrons. The van der Waals surface area contributed by atoms with Crippen LogP contribution >= 0.6 is 11.6 Å². The van der Waals surface area contributed by atoms with Crippen LogP contribution in [0, 0.1) is 0 Å². The van der Waals surface area contributed by atoms with Crippen LogP contribution in [-0.4, -0.2) is 41.1 Å². The van der Waals surface area contributed by atoms with Crippen LogP contribution in [0.5, 0.6) is 0 Å². The maximum atomic E-state index is 13.2. The fraction of sp³-hybridized carbons (Fsp3) is 0.333. The molecular formula is C21H21ClF3N3O2.